The van der Waals surface area contributed by atoms with Gasteiger partial charge in [0, 0.05) is 35.3 Å². The molecule has 0 aliphatic carbocycles. The first-order valence-corrected chi connectivity index (χ1v) is 7.22. The molecule has 0 aliphatic heterocycles. The van der Waals surface area contributed by atoms with Crippen LogP contribution in [0.3, 0.4) is 0 Å². The first kappa shape index (κ1) is 14.0. The molecule has 2 aromatic heterocycles. The predicted molar refractivity (Wildman–Crippen MR) is 76.9 cm³/mol. The van der Waals surface area contributed by atoms with E-state index in [0.29, 0.717) is 6.54 Å². The van der Waals surface area contributed by atoms with Crippen LogP contribution in [-0.2, 0) is 13.0 Å². The van der Waals surface area contributed by atoms with Gasteiger partial charge in [0.1, 0.15) is 5.75 Å². The molecule has 102 valence electrons. The number of pyridine rings is 1. The fraction of sp³-hybridized carbons (Fsp3) is 0.462. The smallest absolute Gasteiger partial charge is 0.128 e. The number of halogens is 1. The third-order valence-corrected chi connectivity index (χ3v) is 3.39. The van der Waals surface area contributed by atoms with Crippen molar-refractivity contribution >= 4 is 15.9 Å². The van der Waals surface area contributed by atoms with Gasteiger partial charge in [-0.3, -0.25) is 4.98 Å². The highest BCUT2D eigenvalue weighted by molar-refractivity contribution is 9.09. The summed E-state index contributed by atoms with van der Waals surface area (Å²) in [4.78, 5) is 4.46. The van der Waals surface area contributed by atoms with Gasteiger partial charge < -0.3 is 4.74 Å². The molecule has 0 spiro atoms. The fourth-order valence-electron chi connectivity index (χ4n) is 2.01. The number of alkyl halides is 1. The van der Waals surface area contributed by atoms with Gasteiger partial charge in [0.25, 0.3) is 0 Å². The lowest BCUT2D eigenvalue weighted by Gasteiger charge is -2.11. The predicted octanol–water partition coefficient (Wildman–Crippen LogP) is 2.28. The summed E-state index contributed by atoms with van der Waals surface area (Å²) in [6, 6.07) is 0. The quantitative estimate of drug-likeness (QED) is 0.792. The second-order valence-electron chi connectivity index (χ2n) is 4.39. The normalized spacial score (nSPS) is 10.7. The molecule has 2 heterocycles. The third kappa shape index (κ3) is 3.12. The molecular formula is C13H17BrN4O. The first-order chi connectivity index (χ1) is 9.15. The van der Waals surface area contributed by atoms with Crippen LogP contribution in [0, 0.1) is 13.8 Å². The van der Waals surface area contributed by atoms with Crippen molar-refractivity contribution in [2.75, 3.05) is 12.4 Å². The number of hydrogen-bond donors (Lipinski definition) is 0. The van der Waals surface area contributed by atoms with Gasteiger partial charge >= 0.3 is 0 Å². The summed E-state index contributed by atoms with van der Waals surface area (Å²) < 4.78 is 7.21. The summed E-state index contributed by atoms with van der Waals surface area (Å²) in [5.41, 5.74) is 4.04. The Morgan fingerprint density at radius 2 is 2.16 bits per heavy atom. The molecular weight excluding hydrogens is 308 g/mol. The van der Waals surface area contributed by atoms with Crippen molar-refractivity contribution in [1.29, 1.82) is 0 Å². The van der Waals surface area contributed by atoms with Crippen LogP contribution in [0.25, 0.3) is 0 Å². The second-order valence-corrected chi connectivity index (χ2v) is 5.19. The Hall–Kier alpha value is -1.43. The Balaban J connectivity index is 2.23. The largest absolute Gasteiger partial charge is 0.496 e. The monoisotopic (exact) mass is 324 g/mol. The topological polar surface area (TPSA) is 52.8 Å². The van der Waals surface area contributed by atoms with E-state index < -0.39 is 0 Å². The lowest BCUT2D eigenvalue weighted by atomic mass is 10.1. The number of ether oxygens (including phenoxy) is 1. The van der Waals surface area contributed by atoms with Crippen LogP contribution in [0.4, 0.5) is 0 Å². The molecule has 0 unspecified atom stereocenters. The molecule has 0 amide bonds. The second kappa shape index (κ2) is 6.14. The third-order valence-electron chi connectivity index (χ3n) is 3.00. The number of hydrogen-bond acceptors (Lipinski definition) is 4. The lowest BCUT2D eigenvalue weighted by Crippen LogP contribution is -2.06. The molecule has 0 N–H and O–H groups in total. The summed E-state index contributed by atoms with van der Waals surface area (Å²) in [6.07, 6.45) is 4.66. The van der Waals surface area contributed by atoms with Crippen molar-refractivity contribution in [3.63, 3.8) is 0 Å². The van der Waals surface area contributed by atoms with E-state index in [1.807, 2.05) is 30.9 Å². The van der Waals surface area contributed by atoms with Crippen LogP contribution in [0.5, 0.6) is 5.75 Å². The van der Waals surface area contributed by atoms with E-state index in [-0.39, 0.29) is 0 Å². The molecule has 0 atom stereocenters. The van der Waals surface area contributed by atoms with Gasteiger partial charge in [-0.25, -0.2) is 4.68 Å². The number of rotatable bonds is 5. The Kier molecular flexibility index (Phi) is 4.52. The summed E-state index contributed by atoms with van der Waals surface area (Å²) in [7, 11) is 1.68. The number of methoxy groups -OCH3 is 1. The summed E-state index contributed by atoms with van der Waals surface area (Å²) >= 11 is 3.39. The SMILES string of the molecule is COc1c(C)cnc(Cn2cc(CCBr)nn2)c1C. The molecule has 0 fully saturated rings. The Bertz CT molecular complexity index is 568. The van der Waals surface area contributed by atoms with Gasteiger partial charge in [-0.2, -0.15) is 0 Å². The van der Waals surface area contributed by atoms with Crippen molar-refractivity contribution in [1.82, 2.24) is 20.0 Å². The minimum atomic E-state index is 0.609. The van der Waals surface area contributed by atoms with Crippen molar-refractivity contribution in [3.05, 3.63) is 34.9 Å². The average molecular weight is 325 g/mol. The van der Waals surface area contributed by atoms with Crippen LogP contribution < -0.4 is 4.74 Å². The molecule has 0 radical (unpaired) electrons. The molecule has 19 heavy (non-hydrogen) atoms. The summed E-state index contributed by atoms with van der Waals surface area (Å²) in [5, 5.41) is 9.12. The van der Waals surface area contributed by atoms with Crippen molar-refractivity contribution in [2.45, 2.75) is 26.8 Å². The molecule has 5 nitrogen and oxygen atoms in total. The first-order valence-electron chi connectivity index (χ1n) is 6.09. The van der Waals surface area contributed by atoms with Crippen LogP contribution in [0.2, 0.25) is 0 Å². The van der Waals surface area contributed by atoms with Crippen LogP contribution in [-0.4, -0.2) is 32.4 Å². The van der Waals surface area contributed by atoms with Gasteiger partial charge in [-0.1, -0.05) is 21.1 Å². The molecule has 0 aliphatic rings. The maximum atomic E-state index is 5.41. The minimum Gasteiger partial charge on any atom is -0.496 e. The van der Waals surface area contributed by atoms with Gasteiger partial charge in [-0.05, 0) is 13.8 Å². The van der Waals surface area contributed by atoms with E-state index in [2.05, 4.69) is 31.2 Å². The fourth-order valence-corrected chi connectivity index (χ4v) is 2.42. The zero-order chi connectivity index (χ0) is 13.8. The molecule has 0 aromatic carbocycles. The zero-order valence-electron chi connectivity index (χ0n) is 11.4. The maximum Gasteiger partial charge on any atom is 0.128 e. The van der Waals surface area contributed by atoms with E-state index in [4.69, 9.17) is 4.74 Å². The van der Waals surface area contributed by atoms with Crippen molar-refractivity contribution in [3.8, 4) is 5.75 Å². The van der Waals surface area contributed by atoms with Crippen molar-refractivity contribution in [2.24, 2.45) is 0 Å². The van der Waals surface area contributed by atoms with Gasteiger partial charge in [0.05, 0.1) is 25.0 Å². The van der Waals surface area contributed by atoms with Gasteiger partial charge in [0.15, 0.2) is 0 Å². The van der Waals surface area contributed by atoms with Crippen LogP contribution in [0.1, 0.15) is 22.5 Å². The van der Waals surface area contributed by atoms with E-state index in [1.54, 1.807) is 7.11 Å². The standard InChI is InChI=1S/C13H17BrN4O/c1-9-6-15-12(10(2)13(9)19-3)8-18-7-11(4-5-14)16-17-18/h6-7H,4-5,8H2,1-3H3. The van der Waals surface area contributed by atoms with E-state index >= 15 is 0 Å². The maximum absolute atomic E-state index is 5.41. The van der Waals surface area contributed by atoms with Gasteiger partial charge in [0.2, 0.25) is 0 Å². The van der Waals surface area contributed by atoms with Crippen LogP contribution in [0.15, 0.2) is 12.4 Å². The number of nitrogens with zero attached hydrogens (tertiary/aromatic N) is 4. The molecule has 0 saturated carbocycles. The zero-order valence-corrected chi connectivity index (χ0v) is 12.9. The highest BCUT2D eigenvalue weighted by atomic mass is 79.9. The number of aryl methyl sites for hydroxylation is 2. The Morgan fingerprint density at radius 1 is 1.37 bits per heavy atom. The Morgan fingerprint density at radius 3 is 2.84 bits per heavy atom. The highest BCUT2D eigenvalue weighted by Crippen LogP contribution is 2.24. The summed E-state index contributed by atoms with van der Waals surface area (Å²) in [6.45, 7) is 4.62. The molecule has 6 heteroatoms. The molecule has 0 bridgehead atoms. The van der Waals surface area contributed by atoms with Crippen LogP contribution >= 0.6 is 15.9 Å². The molecule has 2 aromatic rings. The Labute approximate surface area is 121 Å². The van der Waals surface area contributed by atoms with Crippen molar-refractivity contribution < 1.29 is 4.74 Å². The molecule has 0 saturated heterocycles. The van der Waals surface area contributed by atoms with E-state index in [0.717, 1.165) is 40.0 Å². The van der Waals surface area contributed by atoms with Gasteiger partial charge in [-0.15, -0.1) is 5.10 Å². The average Bonchev–Trinajstić information content (AvgIpc) is 2.82. The molecule has 2 rings (SSSR count). The lowest BCUT2D eigenvalue weighted by molar-refractivity contribution is 0.406. The van der Waals surface area contributed by atoms with E-state index in [1.165, 1.54) is 0 Å². The number of aromatic nitrogens is 4. The summed E-state index contributed by atoms with van der Waals surface area (Å²) in [5.74, 6) is 0.894. The highest BCUT2D eigenvalue weighted by Gasteiger charge is 2.10. The minimum absolute atomic E-state index is 0.609. The van der Waals surface area contributed by atoms with E-state index in [9.17, 15) is 0 Å².